The Kier molecular flexibility index (Phi) is 3.44. The van der Waals surface area contributed by atoms with Crippen molar-refractivity contribution in [3.63, 3.8) is 0 Å². The van der Waals surface area contributed by atoms with Crippen LogP contribution in [0, 0.1) is 29.6 Å². The summed E-state index contributed by atoms with van der Waals surface area (Å²) in [5, 5.41) is 6.35. The molecule has 1 saturated heterocycles. The fraction of sp³-hybridized carbons (Fsp3) is 0.786. The lowest BCUT2D eigenvalue weighted by Gasteiger charge is -2.24. The molecular formula is C14H22N2O. The third-order valence-corrected chi connectivity index (χ3v) is 4.25. The Morgan fingerprint density at radius 2 is 2.12 bits per heavy atom. The number of piperidine rings is 1. The van der Waals surface area contributed by atoms with Gasteiger partial charge in [-0.05, 0) is 43.7 Å². The molecule has 1 saturated carbocycles. The van der Waals surface area contributed by atoms with E-state index in [-0.39, 0.29) is 17.9 Å². The first-order valence-corrected chi connectivity index (χ1v) is 6.56. The van der Waals surface area contributed by atoms with E-state index in [1.807, 2.05) is 13.8 Å². The summed E-state index contributed by atoms with van der Waals surface area (Å²) in [6, 6.07) is -0.123. The molecule has 2 aliphatic rings. The predicted molar refractivity (Wildman–Crippen MR) is 68.2 cm³/mol. The second-order valence-corrected chi connectivity index (χ2v) is 5.77. The minimum absolute atomic E-state index is 0.123. The maximum atomic E-state index is 12.1. The molecule has 1 heterocycles. The van der Waals surface area contributed by atoms with Gasteiger partial charge in [-0.25, -0.2) is 0 Å². The van der Waals surface area contributed by atoms with Crippen LogP contribution in [-0.2, 0) is 4.79 Å². The lowest BCUT2D eigenvalue weighted by atomic mass is 9.91. The Morgan fingerprint density at radius 1 is 1.47 bits per heavy atom. The Bertz CT molecular complexity index is 337. The summed E-state index contributed by atoms with van der Waals surface area (Å²) in [7, 11) is 0. The molecule has 1 aliphatic heterocycles. The van der Waals surface area contributed by atoms with Crippen molar-refractivity contribution in [1.82, 2.24) is 10.6 Å². The lowest BCUT2D eigenvalue weighted by molar-refractivity contribution is -0.123. The van der Waals surface area contributed by atoms with Gasteiger partial charge in [0.2, 0.25) is 5.91 Å². The van der Waals surface area contributed by atoms with Gasteiger partial charge in [-0.2, -0.15) is 0 Å². The molecule has 3 heteroatoms. The number of hydrogen-bond acceptors (Lipinski definition) is 2. The Labute approximate surface area is 104 Å². The molecule has 2 fully saturated rings. The number of terminal acetylenes is 1. The molecule has 2 unspecified atom stereocenters. The highest BCUT2D eigenvalue weighted by atomic mass is 16.2. The van der Waals surface area contributed by atoms with E-state index in [1.165, 1.54) is 0 Å². The van der Waals surface area contributed by atoms with E-state index in [9.17, 15) is 4.79 Å². The van der Waals surface area contributed by atoms with Gasteiger partial charge >= 0.3 is 0 Å². The van der Waals surface area contributed by atoms with Crippen molar-refractivity contribution in [2.45, 2.75) is 39.2 Å². The molecule has 2 N–H and O–H groups in total. The number of hydrogen-bond donors (Lipinski definition) is 2. The number of amides is 1. The molecule has 17 heavy (non-hydrogen) atoms. The Balaban J connectivity index is 1.88. The van der Waals surface area contributed by atoms with E-state index in [1.54, 1.807) is 0 Å². The first kappa shape index (κ1) is 12.4. The molecule has 2 atom stereocenters. The average Bonchev–Trinajstić information content (AvgIpc) is 3.00. The first-order chi connectivity index (χ1) is 8.09. The molecule has 3 nitrogen and oxygen atoms in total. The van der Waals surface area contributed by atoms with Gasteiger partial charge in [0, 0.05) is 5.92 Å². The van der Waals surface area contributed by atoms with Gasteiger partial charge in [0.05, 0.1) is 6.04 Å². The summed E-state index contributed by atoms with van der Waals surface area (Å²) in [6.45, 7) is 6.18. The number of nitrogens with one attached hydrogen (secondary N) is 2. The molecule has 94 valence electrons. The molecule has 0 bridgehead atoms. The zero-order chi connectivity index (χ0) is 12.5. The van der Waals surface area contributed by atoms with Crippen molar-refractivity contribution in [2.24, 2.45) is 17.3 Å². The summed E-state index contributed by atoms with van der Waals surface area (Å²) < 4.78 is 0. The predicted octanol–water partition coefficient (Wildman–Crippen LogP) is 1.15. The molecule has 0 aromatic rings. The molecule has 1 spiro atoms. The van der Waals surface area contributed by atoms with Gasteiger partial charge in [-0.3, -0.25) is 4.79 Å². The van der Waals surface area contributed by atoms with Crippen molar-refractivity contribution in [1.29, 1.82) is 0 Å². The molecule has 0 aromatic carbocycles. The van der Waals surface area contributed by atoms with Gasteiger partial charge in [-0.1, -0.05) is 19.8 Å². The highest BCUT2D eigenvalue weighted by molar-refractivity contribution is 5.83. The van der Waals surface area contributed by atoms with Gasteiger partial charge in [0.25, 0.3) is 0 Å². The van der Waals surface area contributed by atoms with E-state index >= 15 is 0 Å². The van der Waals surface area contributed by atoms with Crippen molar-refractivity contribution in [2.75, 3.05) is 13.1 Å². The highest BCUT2D eigenvalue weighted by Crippen LogP contribution is 2.58. The van der Waals surface area contributed by atoms with Crippen molar-refractivity contribution in [3.05, 3.63) is 0 Å². The summed E-state index contributed by atoms with van der Waals surface area (Å²) in [5.41, 5.74) is 0.297. The van der Waals surface area contributed by atoms with Crippen LogP contribution in [0.3, 0.4) is 0 Å². The number of rotatable bonds is 3. The summed E-state index contributed by atoms with van der Waals surface area (Å²) in [6.07, 6.45) is 8.75. The molecule has 1 amide bonds. The summed E-state index contributed by atoms with van der Waals surface area (Å²) >= 11 is 0. The van der Waals surface area contributed by atoms with Crippen LogP contribution < -0.4 is 10.6 Å². The minimum atomic E-state index is -0.123. The van der Waals surface area contributed by atoms with Crippen LogP contribution in [0.2, 0.25) is 0 Å². The fourth-order valence-electron chi connectivity index (χ4n) is 2.85. The van der Waals surface area contributed by atoms with E-state index in [0.717, 1.165) is 32.4 Å². The topological polar surface area (TPSA) is 41.1 Å². The van der Waals surface area contributed by atoms with E-state index in [0.29, 0.717) is 11.3 Å². The quantitative estimate of drug-likeness (QED) is 0.719. The van der Waals surface area contributed by atoms with Crippen LogP contribution in [0.4, 0.5) is 0 Å². The van der Waals surface area contributed by atoms with E-state index < -0.39 is 0 Å². The Morgan fingerprint density at radius 3 is 2.65 bits per heavy atom. The van der Waals surface area contributed by atoms with Crippen LogP contribution in [0.5, 0.6) is 0 Å². The van der Waals surface area contributed by atoms with Crippen LogP contribution in [-0.4, -0.2) is 25.0 Å². The highest BCUT2D eigenvalue weighted by Gasteiger charge is 2.57. The third kappa shape index (κ3) is 2.47. The van der Waals surface area contributed by atoms with Gasteiger partial charge in [0.15, 0.2) is 0 Å². The molecular weight excluding hydrogens is 212 g/mol. The maximum Gasteiger partial charge on any atom is 0.224 e. The van der Waals surface area contributed by atoms with Crippen LogP contribution in [0.1, 0.15) is 33.1 Å². The first-order valence-electron chi connectivity index (χ1n) is 6.56. The van der Waals surface area contributed by atoms with Gasteiger partial charge < -0.3 is 10.6 Å². The second kappa shape index (κ2) is 4.70. The average molecular weight is 234 g/mol. The largest absolute Gasteiger partial charge is 0.342 e. The van der Waals surface area contributed by atoms with Crippen LogP contribution >= 0.6 is 0 Å². The molecule has 0 aromatic heterocycles. The number of carbonyl (C=O) groups excluding carboxylic acids is 1. The van der Waals surface area contributed by atoms with Crippen LogP contribution in [0.25, 0.3) is 0 Å². The SMILES string of the molecule is C#CC(NC(=O)C1CC12CCNCC2)C(C)C. The monoisotopic (exact) mass is 234 g/mol. The van der Waals surface area contributed by atoms with Crippen molar-refractivity contribution < 1.29 is 4.79 Å². The van der Waals surface area contributed by atoms with Gasteiger partial charge in [-0.15, -0.1) is 6.42 Å². The normalized spacial score (nSPS) is 27.5. The Hall–Kier alpha value is -1.01. The van der Waals surface area contributed by atoms with E-state index in [4.69, 9.17) is 6.42 Å². The van der Waals surface area contributed by atoms with Crippen molar-refractivity contribution >= 4 is 5.91 Å². The summed E-state index contributed by atoms with van der Waals surface area (Å²) in [5.74, 6) is 3.34. The smallest absolute Gasteiger partial charge is 0.224 e. The van der Waals surface area contributed by atoms with Crippen LogP contribution in [0.15, 0.2) is 0 Å². The zero-order valence-corrected chi connectivity index (χ0v) is 10.8. The number of carbonyl (C=O) groups is 1. The zero-order valence-electron chi connectivity index (χ0n) is 10.8. The molecule has 0 radical (unpaired) electrons. The standard InChI is InChI=1S/C14H22N2O/c1-4-12(10(2)3)16-13(17)11-9-14(11)5-7-15-8-6-14/h1,10-12,15H,5-9H2,2-3H3,(H,16,17). The fourth-order valence-corrected chi connectivity index (χ4v) is 2.85. The third-order valence-electron chi connectivity index (χ3n) is 4.25. The maximum absolute atomic E-state index is 12.1. The lowest BCUT2D eigenvalue weighted by Crippen LogP contribution is -2.40. The molecule has 1 aliphatic carbocycles. The second-order valence-electron chi connectivity index (χ2n) is 5.77. The van der Waals surface area contributed by atoms with Crippen molar-refractivity contribution in [3.8, 4) is 12.3 Å². The molecule has 2 rings (SSSR count). The summed E-state index contributed by atoms with van der Waals surface area (Å²) in [4.78, 5) is 12.1. The van der Waals surface area contributed by atoms with E-state index in [2.05, 4.69) is 16.6 Å². The minimum Gasteiger partial charge on any atom is -0.342 e. The van der Waals surface area contributed by atoms with Gasteiger partial charge in [0.1, 0.15) is 0 Å².